The van der Waals surface area contributed by atoms with Crippen molar-refractivity contribution in [1.82, 2.24) is 15.1 Å². The molecule has 1 aromatic carbocycles. The lowest BCUT2D eigenvalue weighted by molar-refractivity contribution is -0.129. The van der Waals surface area contributed by atoms with Gasteiger partial charge >= 0.3 is 0 Å². The molecule has 2 aliphatic rings. The van der Waals surface area contributed by atoms with E-state index in [4.69, 9.17) is 4.74 Å². The third-order valence-corrected chi connectivity index (χ3v) is 5.24. The van der Waals surface area contributed by atoms with Crippen molar-refractivity contribution >= 4 is 17.7 Å². The van der Waals surface area contributed by atoms with E-state index >= 15 is 0 Å². The van der Waals surface area contributed by atoms with E-state index in [1.54, 1.807) is 35.0 Å². The zero-order valence-corrected chi connectivity index (χ0v) is 16.0. The maximum atomic E-state index is 13.1. The standard InChI is InChI=1S/C20H27N3O4/c1-3-11-21-17(24)13-23-14-20(9-8-18(25)22(2)12-10-20)27-16-7-5-4-6-15(16)19(23)26/h4-7H,3,8-14H2,1-2H3,(H,21,24)/t20-/m0/s1. The van der Waals surface area contributed by atoms with Crippen LogP contribution in [0.15, 0.2) is 24.3 Å². The van der Waals surface area contributed by atoms with E-state index in [-0.39, 0.29) is 24.3 Å². The number of nitrogens with one attached hydrogen (secondary N) is 1. The number of rotatable bonds is 4. The first-order valence-electron chi connectivity index (χ1n) is 9.52. The molecule has 3 rings (SSSR count). The summed E-state index contributed by atoms with van der Waals surface area (Å²) in [7, 11) is 1.78. The molecule has 0 aliphatic carbocycles. The molecule has 7 heteroatoms. The molecule has 0 aromatic heterocycles. The van der Waals surface area contributed by atoms with E-state index in [1.165, 1.54) is 0 Å². The van der Waals surface area contributed by atoms with E-state index in [2.05, 4.69) is 5.32 Å². The van der Waals surface area contributed by atoms with Crippen molar-refractivity contribution in [3.8, 4) is 5.75 Å². The first-order chi connectivity index (χ1) is 12.9. The van der Waals surface area contributed by atoms with Crippen molar-refractivity contribution in [3.63, 3.8) is 0 Å². The summed E-state index contributed by atoms with van der Waals surface area (Å²) in [6.07, 6.45) is 2.33. The number of carbonyl (C=O) groups is 3. The van der Waals surface area contributed by atoms with Gasteiger partial charge in [-0.1, -0.05) is 19.1 Å². The number of para-hydroxylation sites is 1. The molecule has 1 atom stereocenters. The van der Waals surface area contributed by atoms with Crippen LogP contribution in [0.5, 0.6) is 5.75 Å². The Kier molecular flexibility index (Phi) is 5.68. The minimum absolute atomic E-state index is 0.0118. The first kappa shape index (κ1) is 19.2. The largest absolute Gasteiger partial charge is 0.485 e. The number of hydrogen-bond acceptors (Lipinski definition) is 4. The highest BCUT2D eigenvalue weighted by atomic mass is 16.5. The van der Waals surface area contributed by atoms with E-state index in [0.29, 0.717) is 50.2 Å². The SMILES string of the molecule is CCCNC(=O)CN1C[C@@]2(CCC(=O)N(C)CC2)Oc2ccccc2C1=O. The molecule has 0 bridgehead atoms. The number of nitrogens with zero attached hydrogens (tertiary/aromatic N) is 2. The van der Waals surface area contributed by atoms with Crippen LogP contribution in [0.4, 0.5) is 0 Å². The molecule has 3 amide bonds. The Morgan fingerprint density at radius 2 is 2.04 bits per heavy atom. The van der Waals surface area contributed by atoms with E-state index in [0.717, 1.165) is 6.42 Å². The Morgan fingerprint density at radius 3 is 2.81 bits per heavy atom. The number of ether oxygens (including phenoxy) is 1. The summed E-state index contributed by atoms with van der Waals surface area (Å²) >= 11 is 0. The van der Waals surface area contributed by atoms with Crippen molar-refractivity contribution in [2.45, 2.75) is 38.2 Å². The minimum Gasteiger partial charge on any atom is -0.485 e. The summed E-state index contributed by atoms with van der Waals surface area (Å²) in [5.41, 5.74) is -0.213. The second-order valence-corrected chi connectivity index (χ2v) is 7.36. The second-order valence-electron chi connectivity index (χ2n) is 7.36. The van der Waals surface area contributed by atoms with E-state index in [9.17, 15) is 14.4 Å². The lowest BCUT2D eigenvalue weighted by Gasteiger charge is -2.35. The van der Waals surface area contributed by atoms with Crippen LogP contribution in [0, 0.1) is 0 Å². The monoisotopic (exact) mass is 373 g/mol. The molecule has 1 spiro atoms. The van der Waals surface area contributed by atoms with Crippen LogP contribution < -0.4 is 10.1 Å². The van der Waals surface area contributed by atoms with Gasteiger partial charge in [-0.15, -0.1) is 0 Å². The maximum Gasteiger partial charge on any atom is 0.258 e. The van der Waals surface area contributed by atoms with Gasteiger partial charge in [-0.3, -0.25) is 14.4 Å². The van der Waals surface area contributed by atoms with Crippen LogP contribution in [0.25, 0.3) is 0 Å². The topological polar surface area (TPSA) is 79.0 Å². The number of carbonyl (C=O) groups excluding carboxylic acids is 3. The van der Waals surface area contributed by atoms with Crippen LogP contribution >= 0.6 is 0 Å². The summed E-state index contributed by atoms with van der Waals surface area (Å²) in [6, 6.07) is 7.13. The molecule has 2 heterocycles. The molecular formula is C20H27N3O4. The Balaban J connectivity index is 1.91. The molecule has 1 fully saturated rings. The fourth-order valence-corrected chi connectivity index (χ4v) is 3.62. The van der Waals surface area contributed by atoms with Gasteiger partial charge in [-0.25, -0.2) is 0 Å². The molecule has 7 nitrogen and oxygen atoms in total. The molecule has 1 aromatic rings. The van der Waals surface area contributed by atoms with Gasteiger partial charge in [0.15, 0.2) is 0 Å². The lowest BCUT2D eigenvalue weighted by Crippen LogP contribution is -2.50. The van der Waals surface area contributed by atoms with Gasteiger partial charge in [0.1, 0.15) is 11.4 Å². The average molecular weight is 373 g/mol. The molecular weight excluding hydrogens is 346 g/mol. The van der Waals surface area contributed by atoms with Crippen LogP contribution in [0.1, 0.15) is 43.0 Å². The summed E-state index contributed by atoms with van der Waals surface area (Å²) in [5, 5.41) is 2.83. The zero-order valence-electron chi connectivity index (χ0n) is 16.0. The smallest absolute Gasteiger partial charge is 0.258 e. The van der Waals surface area contributed by atoms with Gasteiger partial charge in [-0.05, 0) is 25.0 Å². The van der Waals surface area contributed by atoms with Crippen molar-refractivity contribution in [1.29, 1.82) is 0 Å². The molecule has 0 radical (unpaired) electrons. The van der Waals surface area contributed by atoms with Crippen LogP contribution in [-0.4, -0.2) is 66.3 Å². The summed E-state index contributed by atoms with van der Waals surface area (Å²) in [6.45, 7) is 3.40. The first-order valence-corrected chi connectivity index (χ1v) is 9.52. The average Bonchev–Trinajstić information content (AvgIpc) is 2.87. The van der Waals surface area contributed by atoms with Gasteiger partial charge in [0.2, 0.25) is 11.8 Å². The summed E-state index contributed by atoms with van der Waals surface area (Å²) < 4.78 is 6.35. The number of fused-ring (bicyclic) bond motifs is 1. The van der Waals surface area contributed by atoms with Crippen molar-refractivity contribution in [2.75, 3.05) is 33.2 Å². The number of hydrogen-bond donors (Lipinski definition) is 1. The summed E-state index contributed by atoms with van der Waals surface area (Å²) in [4.78, 5) is 40.8. The van der Waals surface area contributed by atoms with Crippen molar-refractivity contribution < 1.29 is 19.1 Å². The second kappa shape index (κ2) is 7.98. The quantitative estimate of drug-likeness (QED) is 0.866. The minimum atomic E-state index is -0.673. The van der Waals surface area contributed by atoms with Gasteiger partial charge < -0.3 is 19.9 Å². The van der Waals surface area contributed by atoms with Gasteiger partial charge in [0.25, 0.3) is 5.91 Å². The Labute approximate surface area is 159 Å². The predicted molar refractivity (Wildman–Crippen MR) is 100 cm³/mol. The van der Waals surface area contributed by atoms with E-state index < -0.39 is 5.60 Å². The van der Waals surface area contributed by atoms with Crippen molar-refractivity contribution in [3.05, 3.63) is 29.8 Å². The summed E-state index contributed by atoms with van der Waals surface area (Å²) in [5.74, 6) is 0.210. The van der Waals surface area contributed by atoms with Gasteiger partial charge in [0.05, 0.1) is 18.7 Å². The third kappa shape index (κ3) is 4.23. The van der Waals surface area contributed by atoms with Crippen LogP contribution in [-0.2, 0) is 9.59 Å². The number of amides is 3. The number of benzene rings is 1. The van der Waals surface area contributed by atoms with E-state index in [1.807, 2.05) is 13.0 Å². The fraction of sp³-hybridized carbons (Fsp3) is 0.550. The molecule has 0 unspecified atom stereocenters. The molecule has 146 valence electrons. The number of likely N-dealkylation sites (tertiary alicyclic amines) is 1. The highest BCUT2D eigenvalue weighted by molar-refractivity contribution is 5.99. The zero-order chi connectivity index (χ0) is 19.4. The van der Waals surface area contributed by atoms with Gasteiger partial charge in [0, 0.05) is 33.0 Å². The molecule has 1 N–H and O–H groups in total. The third-order valence-electron chi connectivity index (χ3n) is 5.24. The Morgan fingerprint density at radius 1 is 1.26 bits per heavy atom. The predicted octanol–water partition coefficient (Wildman–Crippen LogP) is 1.43. The highest BCUT2D eigenvalue weighted by Gasteiger charge is 2.43. The fourth-order valence-electron chi connectivity index (χ4n) is 3.62. The molecule has 1 saturated heterocycles. The van der Waals surface area contributed by atoms with Crippen LogP contribution in [0.3, 0.4) is 0 Å². The molecule has 2 aliphatic heterocycles. The normalized spacial score (nSPS) is 22.7. The van der Waals surface area contributed by atoms with Gasteiger partial charge in [-0.2, -0.15) is 0 Å². The molecule has 27 heavy (non-hydrogen) atoms. The molecule has 0 saturated carbocycles. The maximum absolute atomic E-state index is 13.1. The van der Waals surface area contributed by atoms with Crippen molar-refractivity contribution in [2.24, 2.45) is 0 Å². The lowest BCUT2D eigenvalue weighted by atomic mass is 9.93. The Bertz CT molecular complexity index is 736. The van der Waals surface area contributed by atoms with Crippen LogP contribution in [0.2, 0.25) is 0 Å². The highest BCUT2D eigenvalue weighted by Crippen LogP contribution is 2.35. The Hall–Kier alpha value is -2.57.